The fraction of sp³-hybridized carbons (Fsp3) is 0.250. The smallest absolute Gasteiger partial charge is 0.408 e. The van der Waals surface area contributed by atoms with Gasteiger partial charge >= 0.3 is 6.09 Å². The molecule has 0 saturated carbocycles. The maximum atomic E-state index is 12.1. The third-order valence-electron chi connectivity index (χ3n) is 3.90. The second-order valence-electron chi connectivity index (χ2n) is 6.02. The van der Waals surface area contributed by atoms with Gasteiger partial charge in [-0.15, -0.1) is 0 Å². The number of rotatable bonds is 9. The average Bonchev–Trinajstić information content (AvgIpc) is 2.72. The number of nitrogens with one attached hydrogen (secondary N) is 3. The molecule has 8 nitrogen and oxygen atoms in total. The van der Waals surface area contributed by atoms with Gasteiger partial charge in [-0.2, -0.15) is 0 Å². The van der Waals surface area contributed by atoms with Gasteiger partial charge in [0.2, 0.25) is 5.91 Å². The van der Waals surface area contributed by atoms with Gasteiger partial charge in [0.25, 0.3) is 5.91 Å². The minimum Gasteiger partial charge on any atom is -0.445 e. The molecule has 0 aliphatic heterocycles. The monoisotopic (exact) mass is 385 g/mol. The van der Waals surface area contributed by atoms with Crippen molar-refractivity contribution in [3.63, 3.8) is 0 Å². The lowest BCUT2D eigenvalue weighted by Crippen LogP contribution is -2.48. The van der Waals surface area contributed by atoms with Gasteiger partial charge < -0.3 is 15.4 Å². The van der Waals surface area contributed by atoms with Crippen molar-refractivity contribution in [2.24, 2.45) is 0 Å². The fourth-order valence-corrected chi connectivity index (χ4v) is 2.44. The predicted molar refractivity (Wildman–Crippen MR) is 101 cm³/mol. The number of hydrogen-bond acceptors (Lipinski definition) is 5. The van der Waals surface area contributed by atoms with Gasteiger partial charge in [0.1, 0.15) is 12.6 Å². The van der Waals surface area contributed by atoms with Gasteiger partial charge in [0, 0.05) is 6.54 Å². The van der Waals surface area contributed by atoms with E-state index in [1.807, 2.05) is 36.4 Å². The molecule has 0 saturated heterocycles. The van der Waals surface area contributed by atoms with Crippen LogP contribution in [-0.4, -0.2) is 35.7 Å². The largest absolute Gasteiger partial charge is 0.445 e. The molecule has 28 heavy (non-hydrogen) atoms. The third-order valence-corrected chi connectivity index (χ3v) is 3.90. The van der Waals surface area contributed by atoms with E-state index >= 15 is 0 Å². The number of alkyl carbamates (subject to hydrolysis) is 1. The Labute approximate surface area is 162 Å². The summed E-state index contributed by atoms with van der Waals surface area (Å²) < 4.78 is 5.03. The van der Waals surface area contributed by atoms with Gasteiger partial charge in [-0.3, -0.25) is 14.8 Å². The normalized spacial score (nSPS) is 11.2. The predicted octanol–water partition coefficient (Wildman–Crippen LogP) is 1.54. The molecule has 4 N–H and O–H groups in total. The van der Waals surface area contributed by atoms with Crippen molar-refractivity contribution in [1.82, 2.24) is 16.1 Å². The zero-order valence-electron chi connectivity index (χ0n) is 15.3. The zero-order valence-corrected chi connectivity index (χ0v) is 15.3. The highest BCUT2D eigenvalue weighted by molar-refractivity contribution is 5.90. The first-order valence-corrected chi connectivity index (χ1v) is 8.80. The molecule has 0 aliphatic rings. The maximum Gasteiger partial charge on any atom is 0.408 e. The molecule has 148 valence electrons. The van der Waals surface area contributed by atoms with Gasteiger partial charge in [0.15, 0.2) is 0 Å². The lowest BCUT2D eigenvalue weighted by molar-refractivity contribution is -0.134. The summed E-state index contributed by atoms with van der Waals surface area (Å²) >= 11 is 0. The molecule has 2 aromatic rings. The van der Waals surface area contributed by atoms with Crippen molar-refractivity contribution >= 4 is 17.9 Å². The first-order chi connectivity index (χ1) is 13.6. The molecule has 0 aromatic heterocycles. The Bertz CT molecular complexity index is 768. The van der Waals surface area contributed by atoms with Crippen LogP contribution < -0.4 is 16.1 Å². The van der Waals surface area contributed by atoms with Gasteiger partial charge in [-0.1, -0.05) is 60.7 Å². The Hall–Kier alpha value is -3.39. The second-order valence-corrected chi connectivity index (χ2v) is 6.02. The van der Waals surface area contributed by atoms with Crippen molar-refractivity contribution in [2.75, 3.05) is 6.54 Å². The van der Waals surface area contributed by atoms with Crippen LogP contribution in [0.25, 0.3) is 0 Å². The van der Waals surface area contributed by atoms with Crippen LogP contribution in [0, 0.1) is 0 Å². The van der Waals surface area contributed by atoms with E-state index in [4.69, 9.17) is 9.94 Å². The molecule has 2 aromatic carbocycles. The van der Waals surface area contributed by atoms with Crippen LogP contribution in [0.2, 0.25) is 0 Å². The molecular formula is C20H23N3O5. The van der Waals surface area contributed by atoms with E-state index in [1.165, 1.54) is 5.48 Å². The molecule has 0 heterocycles. The number of ether oxygens (including phenoxy) is 1. The summed E-state index contributed by atoms with van der Waals surface area (Å²) in [4.78, 5) is 35.7. The van der Waals surface area contributed by atoms with E-state index in [-0.39, 0.29) is 13.0 Å². The first kappa shape index (κ1) is 20.9. The van der Waals surface area contributed by atoms with Crippen molar-refractivity contribution in [3.8, 4) is 0 Å². The summed E-state index contributed by atoms with van der Waals surface area (Å²) in [5.74, 6) is -1.34. The molecule has 2 rings (SSSR count). The lowest BCUT2D eigenvalue weighted by atomic mass is 10.1. The summed E-state index contributed by atoms with van der Waals surface area (Å²) in [5.41, 5.74) is 3.28. The Kier molecular flexibility index (Phi) is 8.48. The summed E-state index contributed by atoms with van der Waals surface area (Å²) in [5, 5.41) is 13.8. The van der Waals surface area contributed by atoms with E-state index in [9.17, 15) is 14.4 Å². The third kappa shape index (κ3) is 7.46. The zero-order chi connectivity index (χ0) is 20.2. The summed E-state index contributed by atoms with van der Waals surface area (Å²) in [6, 6.07) is 17.4. The Morgan fingerprint density at radius 3 is 2.14 bits per heavy atom. The molecule has 0 spiro atoms. The summed E-state index contributed by atoms with van der Waals surface area (Å²) in [6.07, 6.45) is -0.563. The van der Waals surface area contributed by atoms with Gasteiger partial charge in [-0.25, -0.2) is 10.3 Å². The van der Waals surface area contributed by atoms with E-state index < -0.39 is 23.9 Å². The molecule has 8 heteroatoms. The minimum atomic E-state index is -1.26. The van der Waals surface area contributed by atoms with Crippen LogP contribution in [0.3, 0.4) is 0 Å². The van der Waals surface area contributed by atoms with Gasteiger partial charge in [-0.05, 0) is 17.5 Å². The number of hydroxylamine groups is 1. The van der Waals surface area contributed by atoms with Crippen LogP contribution >= 0.6 is 0 Å². The van der Waals surface area contributed by atoms with Gasteiger partial charge in [0.05, 0.1) is 6.42 Å². The van der Waals surface area contributed by atoms with E-state index in [2.05, 4.69) is 10.6 Å². The molecule has 0 radical (unpaired) electrons. The van der Waals surface area contributed by atoms with Crippen molar-refractivity contribution in [3.05, 3.63) is 71.8 Å². The number of carbonyl (C=O) groups excluding carboxylic acids is 3. The maximum absolute atomic E-state index is 12.1. The Morgan fingerprint density at radius 1 is 0.929 bits per heavy atom. The Morgan fingerprint density at radius 2 is 1.54 bits per heavy atom. The number of carbonyl (C=O) groups is 3. The minimum absolute atomic E-state index is 0.0173. The van der Waals surface area contributed by atoms with Crippen LogP contribution in [0.1, 0.15) is 17.5 Å². The number of benzene rings is 2. The van der Waals surface area contributed by atoms with Crippen LogP contribution in [0.4, 0.5) is 4.79 Å². The fourth-order valence-electron chi connectivity index (χ4n) is 2.44. The molecule has 0 bridgehead atoms. The standard InChI is InChI=1S/C20H23N3O5/c24-18(21-12-11-15-7-3-1-4-8-15)13-17(19(25)23-27)22-20(26)28-14-16-9-5-2-6-10-16/h1-10,17,27H,11-14H2,(H,21,24)(H,22,26)(H,23,25)/t17-/m0/s1. The average molecular weight is 385 g/mol. The van der Waals surface area contributed by atoms with E-state index in [0.717, 1.165) is 11.1 Å². The second kappa shape index (κ2) is 11.3. The highest BCUT2D eigenvalue weighted by atomic mass is 16.5. The molecule has 3 amide bonds. The highest BCUT2D eigenvalue weighted by Crippen LogP contribution is 2.02. The molecule has 0 unspecified atom stereocenters. The van der Waals surface area contributed by atoms with E-state index in [1.54, 1.807) is 24.3 Å². The molecular weight excluding hydrogens is 362 g/mol. The quantitative estimate of drug-likeness (QED) is 0.386. The summed E-state index contributed by atoms with van der Waals surface area (Å²) in [6.45, 7) is 0.401. The summed E-state index contributed by atoms with van der Waals surface area (Å²) in [7, 11) is 0. The topological polar surface area (TPSA) is 117 Å². The lowest BCUT2D eigenvalue weighted by Gasteiger charge is -2.16. The molecule has 0 fully saturated rings. The molecule has 1 atom stereocenters. The van der Waals surface area contributed by atoms with Crippen LogP contribution in [0.5, 0.6) is 0 Å². The van der Waals surface area contributed by atoms with Crippen LogP contribution in [0.15, 0.2) is 60.7 Å². The SMILES string of the molecule is O=C(C[C@H](NC(=O)OCc1ccccc1)C(=O)NO)NCCc1ccccc1. The van der Waals surface area contributed by atoms with Crippen molar-refractivity contribution < 1.29 is 24.3 Å². The number of hydrogen-bond donors (Lipinski definition) is 4. The molecule has 0 aliphatic carbocycles. The highest BCUT2D eigenvalue weighted by Gasteiger charge is 2.24. The van der Waals surface area contributed by atoms with Crippen LogP contribution in [-0.2, 0) is 27.4 Å². The Balaban J connectivity index is 1.78. The van der Waals surface area contributed by atoms with Crippen molar-refractivity contribution in [1.29, 1.82) is 0 Å². The first-order valence-electron chi connectivity index (χ1n) is 8.80. The van der Waals surface area contributed by atoms with E-state index in [0.29, 0.717) is 13.0 Å². The number of amides is 3. The van der Waals surface area contributed by atoms with Crippen molar-refractivity contribution in [2.45, 2.75) is 25.5 Å².